The normalized spacial score (nSPS) is 23.4. The van der Waals surface area contributed by atoms with Gasteiger partial charge in [0.25, 0.3) is 0 Å². The average molecular weight is 223 g/mol. The first-order valence-corrected chi connectivity index (χ1v) is 5.96. The third-order valence-electron chi connectivity index (χ3n) is 3.42. The first kappa shape index (κ1) is 11.6. The summed E-state index contributed by atoms with van der Waals surface area (Å²) in [6, 6.07) is 0. The quantitative estimate of drug-likeness (QED) is 0.851. The standard InChI is InChI=1S/C12H21N3O/c1-6-13-12(4,5)10-14-9(15-16-10)8-7-11(8,2)3/h8,13H,6-7H2,1-5H3. The Kier molecular flexibility index (Phi) is 2.57. The molecule has 4 nitrogen and oxygen atoms in total. The van der Waals surface area contributed by atoms with Gasteiger partial charge in [0.1, 0.15) is 0 Å². The summed E-state index contributed by atoms with van der Waals surface area (Å²) in [4.78, 5) is 4.52. The third kappa shape index (κ3) is 1.98. The highest BCUT2D eigenvalue weighted by atomic mass is 16.5. The number of nitrogens with zero attached hydrogens (tertiary/aromatic N) is 2. The molecule has 1 aliphatic carbocycles. The average Bonchev–Trinajstić information content (AvgIpc) is 2.65. The summed E-state index contributed by atoms with van der Waals surface area (Å²) in [5.74, 6) is 2.03. The van der Waals surface area contributed by atoms with Crippen molar-refractivity contribution < 1.29 is 4.52 Å². The molecule has 90 valence electrons. The van der Waals surface area contributed by atoms with Gasteiger partial charge in [-0.15, -0.1) is 0 Å². The lowest BCUT2D eigenvalue weighted by Gasteiger charge is -2.20. The summed E-state index contributed by atoms with van der Waals surface area (Å²) in [6.07, 6.45) is 1.16. The van der Waals surface area contributed by atoms with Crippen molar-refractivity contribution in [1.29, 1.82) is 0 Å². The molecule has 0 saturated heterocycles. The van der Waals surface area contributed by atoms with Crippen LogP contribution < -0.4 is 5.32 Å². The first-order chi connectivity index (χ1) is 7.37. The second-order valence-corrected chi connectivity index (χ2v) is 5.86. The van der Waals surface area contributed by atoms with E-state index in [0.29, 0.717) is 17.2 Å². The molecule has 1 atom stereocenters. The van der Waals surface area contributed by atoms with Gasteiger partial charge >= 0.3 is 0 Å². The van der Waals surface area contributed by atoms with Crippen molar-refractivity contribution >= 4 is 0 Å². The van der Waals surface area contributed by atoms with Crippen molar-refractivity contribution in [3.05, 3.63) is 11.7 Å². The van der Waals surface area contributed by atoms with Crippen molar-refractivity contribution in [3.63, 3.8) is 0 Å². The van der Waals surface area contributed by atoms with Crippen LogP contribution in [0.25, 0.3) is 0 Å². The minimum absolute atomic E-state index is 0.237. The van der Waals surface area contributed by atoms with Crippen molar-refractivity contribution in [1.82, 2.24) is 15.5 Å². The molecule has 0 amide bonds. The van der Waals surface area contributed by atoms with Crippen LogP contribution in [0.4, 0.5) is 0 Å². The molecule has 4 heteroatoms. The largest absolute Gasteiger partial charge is 0.337 e. The van der Waals surface area contributed by atoms with Gasteiger partial charge in [0.05, 0.1) is 5.54 Å². The van der Waals surface area contributed by atoms with Gasteiger partial charge in [-0.1, -0.05) is 25.9 Å². The van der Waals surface area contributed by atoms with Gasteiger partial charge in [-0.25, -0.2) is 0 Å². The predicted octanol–water partition coefficient (Wildman–Crippen LogP) is 2.43. The smallest absolute Gasteiger partial charge is 0.246 e. The molecule has 1 aromatic rings. The van der Waals surface area contributed by atoms with E-state index in [4.69, 9.17) is 4.52 Å². The van der Waals surface area contributed by atoms with Gasteiger partial charge < -0.3 is 9.84 Å². The Labute approximate surface area is 96.8 Å². The minimum atomic E-state index is -0.237. The molecule has 2 rings (SSSR count). The highest BCUT2D eigenvalue weighted by Crippen LogP contribution is 2.57. The van der Waals surface area contributed by atoms with Gasteiger partial charge in [-0.2, -0.15) is 4.98 Å². The summed E-state index contributed by atoms with van der Waals surface area (Å²) in [5.41, 5.74) is 0.114. The molecule has 0 spiro atoms. The maximum absolute atomic E-state index is 5.35. The van der Waals surface area contributed by atoms with E-state index < -0.39 is 0 Å². The lowest BCUT2D eigenvalue weighted by Crippen LogP contribution is -2.36. The number of hydrogen-bond acceptors (Lipinski definition) is 4. The van der Waals surface area contributed by atoms with Crippen molar-refractivity contribution in [3.8, 4) is 0 Å². The van der Waals surface area contributed by atoms with Crippen LogP contribution in [0.5, 0.6) is 0 Å². The fourth-order valence-electron chi connectivity index (χ4n) is 2.06. The van der Waals surface area contributed by atoms with E-state index in [2.05, 4.69) is 50.1 Å². The van der Waals surface area contributed by atoms with Crippen LogP contribution in [0.3, 0.4) is 0 Å². The number of hydrogen-bond donors (Lipinski definition) is 1. The van der Waals surface area contributed by atoms with Gasteiger partial charge in [0.2, 0.25) is 5.89 Å². The van der Waals surface area contributed by atoms with Gasteiger partial charge in [0.15, 0.2) is 5.82 Å². The van der Waals surface area contributed by atoms with E-state index in [1.165, 1.54) is 0 Å². The summed E-state index contributed by atoms with van der Waals surface area (Å²) in [7, 11) is 0. The molecule has 1 heterocycles. The molecular formula is C12H21N3O. The Morgan fingerprint density at radius 1 is 1.50 bits per heavy atom. The van der Waals surface area contributed by atoms with Crippen LogP contribution in [0, 0.1) is 5.41 Å². The van der Waals surface area contributed by atoms with E-state index >= 15 is 0 Å². The van der Waals surface area contributed by atoms with Crippen LogP contribution in [0.2, 0.25) is 0 Å². The van der Waals surface area contributed by atoms with E-state index in [1.807, 2.05) is 0 Å². The molecule has 16 heavy (non-hydrogen) atoms. The van der Waals surface area contributed by atoms with E-state index in [1.54, 1.807) is 0 Å². The Morgan fingerprint density at radius 2 is 2.12 bits per heavy atom. The second-order valence-electron chi connectivity index (χ2n) is 5.86. The summed E-state index contributed by atoms with van der Waals surface area (Å²) in [5, 5.41) is 7.43. The zero-order valence-corrected chi connectivity index (χ0v) is 10.8. The summed E-state index contributed by atoms with van der Waals surface area (Å²) in [6.45, 7) is 11.6. The Morgan fingerprint density at radius 3 is 2.62 bits per heavy atom. The van der Waals surface area contributed by atoms with Crippen LogP contribution >= 0.6 is 0 Å². The van der Waals surface area contributed by atoms with Gasteiger partial charge in [-0.05, 0) is 32.2 Å². The summed E-state index contributed by atoms with van der Waals surface area (Å²) < 4.78 is 5.35. The highest BCUT2D eigenvalue weighted by molar-refractivity contribution is 5.15. The molecule has 1 N–H and O–H groups in total. The van der Waals surface area contributed by atoms with Crippen LogP contribution in [0.15, 0.2) is 4.52 Å². The zero-order valence-electron chi connectivity index (χ0n) is 10.8. The molecule has 0 bridgehead atoms. The maximum Gasteiger partial charge on any atom is 0.246 e. The Bertz CT molecular complexity index is 381. The van der Waals surface area contributed by atoms with Crippen molar-refractivity contribution in [2.75, 3.05) is 6.54 Å². The monoisotopic (exact) mass is 223 g/mol. The lowest BCUT2D eigenvalue weighted by molar-refractivity contribution is 0.270. The molecule has 1 aromatic heterocycles. The fraction of sp³-hybridized carbons (Fsp3) is 0.833. The molecule has 1 fully saturated rings. The molecule has 1 saturated carbocycles. The molecule has 0 aliphatic heterocycles. The van der Waals surface area contributed by atoms with Crippen LogP contribution in [-0.4, -0.2) is 16.7 Å². The maximum atomic E-state index is 5.35. The van der Waals surface area contributed by atoms with Crippen LogP contribution in [0.1, 0.15) is 58.7 Å². The topological polar surface area (TPSA) is 51.0 Å². The zero-order chi connectivity index (χ0) is 12.0. The number of aromatic nitrogens is 2. The minimum Gasteiger partial charge on any atom is -0.337 e. The molecule has 0 aromatic carbocycles. The van der Waals surface area contributed by atoms with Crippen molar-refractivity contribution in [2.45, 2.75) is 52.5 Å². The summed E-state index contributed by atoms with van der Waals surface area (Å²) >= 11 is 0. The second kappa shape index (κ2) is 3.55. The Hall–Kier alpha value is -0.900. The molecule has 1 aliphatic rings. The van der Waals surface area contributed by atoms with E-state index in [-0.39, 0.29) is 5.54 Å². The Balaban J connectivity index is 2.14. The van der Waals surface area contributed by atoms with Gasteiger partial charge in [0, 0.05) is 5.92 Å². The predicted molar refractivity (Wildman–Crippen MR) is 62.1 cm³/mol. The number of rotatable bonds is 4. The molecular weight excluding hydrogens is 202 g/mol. The third-order valence-corrected chi connectivity index (χ3v) is 3.42. The van der Waals surface area contributed by atoms with E-state index in [9.17, 15) is 0 Å². The molecule has 1 unspecified atom stereocenters. The van der Waals surface area contributed by atoms with Crippen LogP contribution in [-0.2, 0) is 5.54 Å². The highest BCUT2D eigenvalue weighted by Gasteiger charge is 2.49. The van der Waals surface area contributed by atoms with Crippen molar-refractivity contribution in [2.24, 2.45) is 5.41 Å². The molecule has 0 radical (unpaired) electrons. The number of nitrogens with one attached hydrogen (secondary N) is 1. The lowest BCUT2D eigenvalue weighted by atomic mass is 10.1. The SMILES string of the molecule is CCNC(C)(C)c1nc(C2CC2(C)C)no1. The van der Waals surface area contributed by atoms with E-state index in [0.717, 1.165) is 18.8 Å². The first-order valence-electron chi connectivity index (χ1n) is 5.96. The fourth-order valence-corrected chi connectivity index (χ4v) is 2.06. The van der Waals surface area contributed by atoms with Gasteiger partial charge in [-0.3, -0.25) is 0 Å².